The monoisotopic (exact) mass is 449 g/mol. The van der Waals surface area contributed by atoms with E-state index in [2.05, 4.69) is 107 Å². The molecular formula is C29H42AlO2. The third kappa shape index (κ3) is 5.21. The minimum Gasteiger partial charge on any atom is -0.615 e. The fourth-order valence-electron chi connectivity index (χ4n) is 4.22. The molecule has 0 aliphatic carbocycles. The van der Waals surface area contributed by atoms with Crippen LogP contribution in [0.1, 0.15) is 116 Å². The average molecular weight is 450 g/mol. The van der Waals surface area contributed by atoms with Gasteiger partial charge in [-0.2, -0.15) is 0 Å². The number of hydrogen-bond donors (Lipinski definition) is 0. The van der Waals surface area contributed by atoms with E-state index in [0.717, 1.165) is 17.9 Å². The Hall–Kier alpha value is -1.43. The zero-order valence-corrected chi connectivity index (χ0v) is 23.6. The molecule has 1 radical (unpaired) electrons. The summed E-state index contributed by atoms with van der Waals surface area (Å²) >= 11 is -0.638. The Balaban J connectivity index is 2.31. The van der Waals surface area contributed by atoms with Crippen LogP contribution in [0.3, 0.4) is 0 Å². The van der Waals surface area contributed by atoms with E-state index < -0.39 is 15.9 Å². The lowest BCUT2D eigenvalue weighted by molar-refractivity contribution is 0.421. The molecule has 2 nitrogen and oxygen atoms in total. The first-order chi connectivity index (χ1) is 14.4. The summed E-state index contributed by atoms with van der Waals surface area (Å²) in [4.78, 5) is 0. The van der Waals surface area contributed by atoms with Crippen molar-refractivity contribution >= 4 is 15.9 Å². The van der Waals surface area contributed by atoms with Crippen LogP contribution in [0.2, 0.25) is 0 Å². The highest BCUT2D eigenvalue weighted by atomic mass is 27.2. The first-order valence-electron chi connectivity index (χ1n) is 11.9. The second-order valence-corrected chi connectivity index (χ2v) is 14.2. The van der Waals surface area contributed by atoms with Crippen LogP contribution in [-0.4, -0.2) is 15.9 Å². The van der Waals surface area contributed by atoms with Gasteiger partial charge in [0.05, 0.1) is 11.5 Å². The maximum Gasteiger partial charge on any atom is 0.881 e. The summed E-state index contributed by atoms with van der Waals surface area (Å²) in [7, 11) is 0. The van der Waals surface area contributed by atoms with E-state index in [1.54, 1.807) is 0 Å². The van der Waals surface area contributed by atoms with Crippen LogP contribution in [0.15, 0.2) is 24.3 Å². The molecule has 0 spiro atoms. The summed E-state index contributed by atoms with van der Waals surface area (Å²) < 4.78 is 12.9. The topological polar surface area (TPSA) is 18.5 Å². The molecule has 0 atom stereocenters. The van der Waals surface area contributed by atoms with Gasteiger partial charge in [-0.1, -0.05) is 107 Å². The lowest BCUT2D eigenvalue weighted by Gasteiger charge is -2.33. The summed E-state index contributed by atoms with van der Waals surface area (Å²) in [6.07, 6.45) is 0.824. The van der Waals surface area contributed by atoms with Gasteiger partial charge in [-0.3, -0.25) is 0 Å². The normalized spacial score (nSPS) is 14.9. The van der Waals surface area contributed by atoms with Gasteiger partial charge < -0.3 is 7.58 Å². The van der Waals surface area contributed by atoms with Gasteiger partial charge in [0, 0.05) is 6.42 Å². The van der Waals surface area contributed by atoms with Crippen LogP contribution in [0.4, 0.5) is 0 Å². The Bertz CT molecular complexity index is 924. The predicted molar refractivity (Wildman–Crippen MR) is 137 cm³/mol. The molecule has 2 aromatic rings. The molecule has 0 bridgehead atoms. The second kappa shape index (κ2) is 8.11. The zero-order chi connectivity index (χ0) is 24.3. The molecule has 173 valence electrons. The Morgan fingerprint density at radius 2 is 0.875 bits per heavy atom. The molecule has 0 aromatic heterocycles. The van der Waals surface area contributed by atoms with Crippen LogP contribution in [0.5, 0.6) is 11.5 Å². The van der Waals surface area contributed by atoms with Crippen molar-refractivity contribution in [2.45, 2.75) is 111 Å². The molecule has 3 rings (SSSR count). The molecule has 0 N–H and O–H groups in total. The fourth-order valence-corrected chi connectivity index (χ4v) is 5.02. The first-order valence-corrected chi connectivity index (χ1v) is 12.8. The summed E-state index contributed by atoms with van der Waals surface area (Å²) in [5, 5.41) is 0. The zero-order valence-electron chi connectivity index (χ0n) is 22.4. The van der Waals surface area contributed by atoms with Crippen molar-refractivity contribution in [3.8, 4) is 11.5 Å². The molecule has 1 heterocycles. The van der Waals surface area contributed by atoms with Crippen molar-refractivity contribution < 1.29 is 7.58 Å². The van der Waals surface area contributed by atoms with E-state index in [0.29, 0.717) is 0 Å². The van der Waals surface area contributed by atoms with E-state index in [-0.39, 0.29) is 21.7 Å². The van der Waals surface area contributed by atoms with E-state index in [1.165, 1.54) is 33.4 Å². The van der Waals surface area contributed by atoms with Gasteiger partial charge >= 0.3 is 15.9 Å². The molecule has 0 unspecified atom stereocenters. The van der Waals surface area contributed by atoms with Crippen LogP contribution in [0.25, 0.3) is 0 Å². The predicted octanol–water partition coefficient (Wildman–Crippen LogP) is 7.77. The Kier molecular flexibility index (Phi) is 6.38. The minimum atomic E-state index is -0.638. The third-order valence-electron chi connectivity index (χ3n) is 6.39. The van der Waals surface area contributed by atoms with E-state index in [9.17, 15) is 0 Å². The fraction of sp³-hybridized carbons (Fsp3) is 0.586. The molecule has 0 saturated heterocycles. The number of benzene rings is 2. The summed E-state index contributed by atoms with van der Waals surface area (Å²) in [6, 6.07) is 9.46. The third-order valence-corrected chi connectivity index (χ3v) is 7.06. The highest BCUT2D eigenvalue weighted by Crippen LogP contribution is 2.44. The molecule has 0 amide bonds. The number of rotatable bonds is 0. The molecule has 32 heavy (non-hydrogen) atoms. The number of hydrogen-bond acceptors (Lipinski definition) is 2. The van der Waals surface area contributed by atoms with Gasteiger partial charge in [-0.15, -0.1) is 0 Å². The first kappa shape index (κ1) is 25.2. The van der Waals surface area contributed by atoms with Gasteiger partial charge in [-0.25, -0.2) is 0 Å². The van der Waals surface area contributed by atoms with Gasteiger partial charge in [0.15, 0.2) is 0 Å². The smallest absolute Gasteiger partial charge is 0.615 e. The Morgan fingerprint density at radius 3 is 1.16 bits per heavy atom. The minimum absolute atomic E-state index is 0.00333. The summed E-state index contributed by atoms with van der Waals surface area (Å²) in [5.74, 6) is 2.06. The molecular weight excluding hydrogens is 407 g/mol. The lowest BCUT2D eigenvalue weighted by Crippen LogP contribution is -2.25. The highest BCUT2D eigenvalue weighted by molar-refractivity contribution is 6.21. The Morgan fingerprint density at radius 1 is 0.531 bits per heavy atom. The molecule has 0 fully saturated rings. The largest absolute Gasteiger partial charge is 0.881 e. The van der Waals surface area contributed by atoms with E-state index in [1.807, 2.05) is 0 Å². The van der Waals surface area contributed by atoms with Gasteiger partial charge in [-0.05, 0) is 55.0 Å². The summed E-state index contributed by atoms with van der Waals surface area (Å²) in [6.45, 7) is 27.4. The second-order valence-electron chi connectivity index (χ2n) is 13.5. The highest BCUT2D eigenvalue weighted by Gasteiger charge is 2.31. The van der Waals surface area contributed by atoms with E-state index >= 15 is 0 Å². The van der Waals surface area contributed by atoms with Crippen molar-refractivity contribution in [2.75, 3.05) is 0 Å². The van der Waals surface area contributed by atoms with Crippen molar-refractivity contribution in [3.63, 3.8) is 0 Å². The Labute approximate surface area is 203 Å². The van der Waals surface area contributed by atoms with E-state index in [4.69, 9.17) is 7.58 Å². The van der Waals surface area contributed by atoms with Crippen LogP contribution >= 0.6 is 0 Å². The van der Waals surface area contributed by atoms with Crippen molar-refractivity contribution in [2.24, 2.45) is 0 Å². The van der Waals surface area contributed by atoms with Gasteiger partial charge in [0.25, 0.3) is 0 Å². The van der Waals surface area contributed by atoms with Crippen molar-refractivity contribution in [1.29, 1.82) is 0 Å². The molecule has 3 heteroatoms. The van der Waals surface area contributed by atoms with Crippen LogP contribution in [0, 0.1) is 0 Å². The van der Waals surface area contributed by atoms with Gasteiger partial charge in [0.2, 0.25) is 0 Å². The molecule has 1 aliphatic heterocycles. The van der Waals surface area contributed by atoms with Crippen molar-refractivity contribution in [3.05, 3.63) is 57.6 Å². The summed E-state index contributed by atoms with van der Waals surface area (Å²) in [5.41, 5.74) is 8.01. The van der Waals surface area contributed by atoms with Crippen LogP contribution < -0.4 is 7.58 Å². The maximum atomic E-state index is 6.44. The molecule has 2 aromatic carbocycles. The van der Waals surface area contributed by atoms with Gasteiger partial charge in [0.1, 0.15) is 0 Å². The SMILES string of the molecule is CC(C)(C)c1cc2c(c(C(C)(C)C)c1)[O][Al][O]c1c(cc(C(C)(C)C)cc1C(C)(C)C)C2. The van der Waals surface area contributed by atoms with Crippen LogP contribution in [-0.2, 0) is 28.1 Å². The molecule has 1 aliphatic rings. The standard InChI is InChI=1S/C29H44O2.Al/c1-26(2,3)20-14-18(24(30)22(16-20)28(7,8)9)13-19-15-21(27(4,5)6)17-23(25(19)31)29(10,11)12;/h14-17,30-31H,13H2,1-12H3;/q;+2/p-2. The number of fused-ring (bicyclic) bond motifs is 2. The maximum absolute atomic E-state index is 6.44. The average Bonchev–Trinajstić information content (AvgIpc) is 2.57. The quantitative estimate of drug-likeness (QED) is 0.382. The van der Waals surface area contributed by atoms with Crippen molar-refractivity contribution in [1.82, 2.24) is 0 Å². The molecule has 0 saturated carbocycles. The lowest BCUT2D eigenvalue weighted by atomic mass is 9.76.